The third kappa shape index (κ3) is 5.41. The van der Waals surface area contributed by atoms with Crippen molar-refractivity contribution in [1.29, 1.82) is 0 Å². The number of aryl methyl sites for hydroxylation is 1. The number of aromatic nitrogens is 2. The average Bonchev–Trinajstić information content (AvgIpc) is 2.93. The summed E-state index contributed by atoms with van der Waals surface area (Å²) in [6.45, 7) is 2.01. The number of nitrogens with zero attached hydrogens (tertiary/aromatic N) is 2. The highest BCUT2D eigenvalue weighted by molar-refractivity contribution is 7.91. The van der Waals surface area contributed by atoms with Crippen molar-refractivity contribution in [3.8, 4) is 0 Å². The van der Waals surface area contributed by atoms with Gasteiger partial charge in [-0.1, -0.05) is 30.6 Å². The molecule has 0 aliphatic rings. The molecule has 1 aromatic carbocycles. The summed E-state index contributed by atoms with van der Waals surface area (Å²) < 4.78 is 42.4. The predicted octanol–water partition coefficient (Wildman–Crippen LogP) is 2.10. The number of halogens is 1. The molecule has 9 heteroatoms. The largest absolute Gasteiger partial charge is 0.338 e. The number of anilines is 1. The average molecular weight is 355 g/mol. The first-order valence-electron chi connectivity index (χ1n) is 7.46. The summed E-state index contributed by atoms with van der Waals surface area (Å²) >= 11 is 0. The maximum absolute atomic E-state index is 13.4. The van der Waals surface area contributed by atoms with Crippen LogP contribution in [0.25, 0.3) is 0 Å². The second kappa shape index (κ2) is 8.00. The molecule has 2 aromatic rings. The molecule has 1 aromatic heterocycles. The summed E-state index contributed by atoms with van der Waals surface area (Å²) in [7, 11) is -3.80. The van der Waals surface area contributed by atoms with Crippen molar-refractivity contribution in [1.82, 2.24) is 10.1 Å². The number of nitrogens with one attached hydrogen (secondary N) is 1. The standard InChI is InChI=1S/C15H18FN3O4S/c1-2-3-8-13-18-15(23-19-13)10-24(21,22)9-14(20)17-12-7-5-4-6-11(12)16/h4-7H,2-3,8-10H2,1H3,(H,17,20). The van der Waals surface area contributed by atoms with E-state index < -0.39 is 33.1 Å². The van der Waals surface area contributed by atoms with Crippen LogP contribution < -0.4 is 5.32 Å². The lowest BCUT2D eigenvalue weighted by Gasteiger charge is -2.06. The third-order valence-electron chi connectivity index (χ3n) is 3.11. The van der Waals surface area contributed by atoms with E-state index in [2.05, 4.69) is 15.5 Å². The van der Waals surface area contributed by atoms with E-state index in [0.29, 0.717) is 12.2 Å². The Labute approximate surface area is 139 Å². The van der Waals surface area contributed by atoms with Gasteiger partial charge in [-0.2, -0.15) is 4.98 Å². The fourth-order valence-electron chi connectivity index (χ4n) is 1.97. The van der Waals surface area contributed by atoms with Crippen LogP contribution in [0.2, 0.25) is 0 Å². The van der Waals surface area contributed by atoms with Crippen molar-refractivity contribution in [3.63, 3.8) is 0 Å². The van der Waals surface area contributed by atoms with E-state index >= 15 is 0 Å². The van der Waals surface area contributed by atoms with Crippen LogP contribution in [-0.4, -0.2) is 30.2 Å². The minimum atomic E-state index is -3.80. The van der Waals surface area contributed by atoms with Crippen LogP contribution in [0.4, 0.5) is 10.1 Å². The minimum absolute atomic E-state index is 0.0557. The summed E-state index contributed by atoms with van der Waals surface area (Å²) in [4.78, 5) is 15.8. The molecule has 2 rings (SSSR count). The Kier molecular flexibility index (Phi) is 6.02. The topological polar surface area (TPSA) is 102 Å². The van der Waals surface area contributed by atoms with Gasteiger partial charge in [0, 0.05) is 6.42 Å². The van der Waals surface area contributed by atoms with Crippen molar-refractivity contribution in [2.75, 3.05) is 11.1 Å². The van der Waals surface area contributed by atoms with Gasteiger partial charge in [0.05, 0.1) is 5.69 Å². The van der Waals surface area contributed by atoms with E-state index in [1.54, 1.807) is 0 Å². The summed E-state index contributed by atoms with van der Waals surface area (Å²) in [5, 5.41) is 5.92. The molecule has 7 nitrogen and oxygen atoms in total. The number of hydrogen-bond acceptors (Lipinski definition) is 6. The quantitative estimate of drug-likeness (QED) is 0.778. The normalized spacial score (nSPS) is 11.4. The minimum Gasteiger partial charge on any atom is -0.338 e. The predicted molar refractivity (Wildman–Crippen MR) is 85.4 cm³/mol. The van der Waals surface area contributed by atoms with E-state index in [9.17, 15) is 17.6 Å². The molecule has 24 heavy (non-hydrogen) atoms. The van der Waals surface area contributed by atoms with E-state index in [0.717, 1.165) is 12.8 Å². The smallest absolute Gasteiger partial charge is 0.241 e. The van der Waals surface area contributed by atoms with Gasteiger partial charge in [-0.05, 0) is 18.6 Å². The SMILES string of the molecule is CCCCc1noc(CS(=O)(=O)CC(=O)Nc2ccccc2F)n1. The zero-order chi connectivity index (χ0) is 17.6. The lowest BCUT2D eigenvalue weighted by atomic mass is 10.2. The highest BCUT2D eigenvalue weighted by Gasteiger charge is 2.21. The number of benzene rings is 1. The van der Waals surface area contributed by atoms with Crippen LogP contribution in [0.3, 0.4) is 0 Å². The number of carbonyl (C=O) groups excluding carboxylic acids is 1. The van der Waals surface area contributed by atoms with Crippen LogP contribution in [-0.2, 0) is 26.8 Å². The first-order valence-corrected chi connectivity index (χ1v) is 9.28. The van der Waals surface area contributed by atoms with E-state index in [1.807, 2.05) is 6.92 Å². The molecule has 0 spiro atoms. The molecule has 0 unspecified atom stereocenters. The fraction of sp³-hybridized carbons (Fsp3) is 0.400. The number of para-hydroxylation sites is 1. The Morgan fingerprint density at radius 3 is 2.79 bits per heavy atom. The highest BCUT2D eigenvalue weighted by Crippen LogP contribution is 2.13. The number of hydrogen-bond donors (Lipinski definition) is 1. The second-order valence-electron chi connectivity index (χ2n) is 5.27. The second-order valence-corrected chi connectivity index (χ2v) is 7.33. The van der Waals surface area contributed by atoms with Crippen LogP contribution in [0.15, 0.2) is 28.8 Å². The molecule has 1 amide bonds. The lowest BCUT2D eigenvalue weighted by molar-refractivity contribution is -0.113. The zero-order valence-electron chi connectivity index (χ0n) is 13.2. The fourth-order valence-corrected chi connectivity index (χ4v) is 3.04. The number of amides is 1. The molecular weight excluding hydrogens is 337 g/mol. The molecule has 0 saturated carbocycles. The van der Waals surface area contributed by atoms with Gasteiger partial charge in [-0.3, -0.25) is 4.79 Å². The molecule has 0 bridgehead atoms. The Balaban J connectivity index is 1.94. The summed E-state index contributed by atoms with van der Waals surface area (Å²) in [6, 6.07) is 5.51. The maximum Gasteiger partial charge on any atom is 0.241 e. The molecule has 0 fully saturated rings. The Hall–Kier alpha value is -2.29. The molecule has 0 saturated heterocycles. The molecule has 130 valence electrons. The molecule has 0 aliphatic heterocycles. The zero-order valence-corrected chi connectivity index (χ0v) is 14.0. The van der Waals surface area contributed by atoms with Crippen LogP contribution >= 0.6 is 0 Å². The van der Waals surface area contributed by atoms with E-state index in [1.165, 1.54) is 24.3 Å². The Morgan fingerprint density at radius 2 is 2.08 bits per heavy atom. The van der Waals surface area contributed by atoms with Gasteiger partial charge in [-0.25, -0.2) is 12.8 Å². The third-order valence-corrected chi connectivity index (χ3v) is 4.50. The number of carbonyl (C=O) groups is 1. The van der Waals surface area contributed by atoms with Gasteiger partial charge < -0.3 is 9.84 Å². The first-order chi connectivity index (χ1) is 11.4. The lowest BCUT2D eigenvalue weighted by Crippen LogP contribution is -2.24. The van der Waals surface area contributed by atoms with Gasteiger partial charge in [0.2, 0.25) is 11.8 Å². The van der Waals surface area contributed by atoms with E-state index in [-0.39, 0.29) is 11.6 Å². The van der Waals surface area contributed by atoms with Gasteiger partial charge in [0.25, 0.3) is 0 Å². The Bertz CT molecular complexity index is 805. The molecule has 0 atom stereocenters. The van der Waals surface area contributed by atoms with Crippen LogP contribution in [0.1, 0.15) is 31.5 Å². The maximum atomic E-state index is 13.4. The number of sulfone groups is 1. The summed E-state index contributed by atoms with van der Waals surface area (Å²) in [5.41, 5.74) is -0.0719. The summed E-state index contributed by atoms with van der Waals surface area (Å²) in [5.74, 6) is -2.41. The van der Waals surface area contributed by atoms with Crippen LogP contribution in [0, 0.1) is 5.82 Å². The van der Waals surface area contributed by atoms with Crippen molar-refractivity contribution >= 4 is 21.4 Å². The molecule has 0 radical (unpaired) electrons. The van der Waals surface area contributed by atoms with Gasteiger partial charge in [0.15, 0.2) is 15.7 Å². The van der Waals surface area contributed by atoms with Crippen molar-refractivity contribution < 1.29 is 22.1 Å². The van der Waals surface area contributed by atoms with Crippen molar-refractivity contribution in [2.45, 2.75) is 31.9 Å². The van der Waals surface area contributed by atoms with Crippen molar-refractivity contribution in [2.24, 2.45) is 0 Å². The molecule has 0 aliphatic carbocycles. The molecule has 1 N–H and O–H groups in total. The highest BCUT2D eigenvalue weighted by atomic mass is 32.2. The van der Waals surface area contributed by atoms with Gasteiger partial charge in [-0.15, -0.1) is 0 Å². The van der Waals surface area contributed by atoms with E-state index in [4.69, 9.17) is 4.52 Å². The number of unbranched alkanes of at least 4 members (excludes halogenated alkanes) is 1. The van der Waals surface area contributed by atoms with Crippen molar-refractivity contribution in [3.05, 3.63) is 41.8 Å². The summed E-state index contributed by atoms with van der Waals surface area (Å²) in [6.07, 6.45) is 2.43. The molecular formula is C15H18FN3O4S. The number of rotatable bonds is 8. The monoisotopic (exact) mass is 355 g/mol. The van der Waals surface area contributed by atoms with Gasteiger partial charge >= 0.3 is 0 Å². The van der Waals surface area contributed by atoms with Crippen LogP contribution in [0.5, 0.6) is 0 Å². The molecule has 1 heterocycles. The first kappa shape index (κ1) is 18.1. The Morgan fingerprint density at radius 1 is 1.33 bits per heavy atom. The van der Waals surface area contributed by atoms with Gasteiger partial charge in [0.1, 0.15) is 17.3 Å².